The summed E-state index contributed by atoms with van der Waals surface area (Å²) in [6, 6.07) is 8.32. The molecule has 0 unspecified atom stereocenters. The van der Waals surface area contributed by atoms with E-state index in [4.69, 9.17) is 4.74 Å². The van der Waals surface area contributed by atoms with E-state index in [0.29, 0.717) is 23.6 Å². The predicted octanol–water partition coefficient (Wildman–Crippen LogP) is 4.96. The van der Waals surface area contributed by atoms with Crippen molar-refractivity contribution in [1.82, 2.24) is 20.1 Å². The van der Waals surface area contributed by atoms with Gasteiger partial charge in [0.15, 0.2) is 11.0 Å². The lowest BCUT2D eigenvalue weighted by Crippen LogP contribution is -2.27. The Morgan fingerprint density at radius 3 is 2.63 bits per heavy atom. The molecule has 30 heavy (non-hydrogen) atoms. The van der Waals surface area contributed by atoms with Crippen molar-refractivity contribution < 1.29 is 9.53 Å². The van der Waals surface area contributed by atoms with Crippen molar-refractivity contribution in [3.05, 3.63) is 24.3 Å². The molecule has 164 valence electrons. The van der Waals surface area contributed by atoms with E-state index in [9.17, 15) is 4.79 Å². The molecule has 3 rings (SSSR count). The van der Waals surface area contributed by atoms with Gasteiger partial charge in [-0.1, -0.05) is 45.4 Å². The Balaban J connectivity index is 1.80. The molecule has 2 aromatic rings. The summed E-state index contributed by atoms with van der Waals surface area (Å²) in [6.07, 6.45) is 5.82. The Morgan fingerprint density at radius 2 is 1.97 bits per heavy atom. The van der Waals surface area contributed by atoms with Crippen molar-refractivity contribution >= 4 is 17.7 Å². The van der Waals surface area contributed by atoms with Crippen LogP contribution in [0.4, 0.5) is 0 Å². The van der Waals surface area contributed by atoms with Crippen LogP contribution in [-0.2, 0) is 4.79 Å². The highest BCUT2D eigenvalue weighted by Gasteiger charge is 2.28. The second-order valence-corrected chi connectivity index (χ2v) is 9.50. The zero-order valence-corrected chi connectivity index (χ0v) is 19.4. The number of amides is 1. The molecule has 1 N–H and O–H groups in total. The van der Waals surface area contributed by atoms with Crippen LogP contribution in [0.3, 0.4) is 0 Å². The van der Waals surface area contributed by atoms with Crippen molar-refractivity contribution in [2.45, 2.75) is 64.1 Å². The van der Waals surface area contributed by atoms with Crippen LogP contribution in [0, 0.1) is 11.8 Å². The molecular formula is C23H34N4O2S. The number of rotatable bonds is 9. The second kappa shape index (κ2) is 10.8. The molecule has 6 nitrogen and oxygen atoms in total. The summed E-state index contributed by atoms with van der Waals surface area (Å²) < 4.78 is 7.57. The molecule has 7 heteroatoms. The molecule has 1 aliphatic carbocycles. The second-order valence-electron chi connectivity index (χ2n) is 8.55. The van der Waals surface area contributed by atoms with Gasteiger partial charge in [-0.05, 0) is 55.4 Å². The van der Waals surface area contributed by atoms with Crippen molar-refractivity contribution in [2.24, 2.45) is 11.8 Å². The quantitative estimate of drug-likeness (QED) is 0.570. The SMILES string of the molecule is COc1ccc(-c2nnc(SCC(=O)NCCC(C)C)n2[C@H]2CCCC[C@@H]2C)cc1. The summed E-state index contributed by atoms with van der Waals surface area (Å²) >= 11 is 1.49. The molecule has 0 spiro atoms. The van der Waals surface area contributed by atoms with Gasteiger partial charge in [0.1, 0.15) is 5.75 Å². The third kappa shape index (κ3) is 5.78. The molecule has 1 heterocycles. The summed E-state index contributed by atoms with van der Waals surface area (Å²) in [5.41, 5.74) is 1.02. The van der Waals surface area contributed by atoms with Gasteiger partial charge in [-0.25, -0.2) is 0 Å². The Bertz CT molecular complexity index is 819. The average molecular weight is 431 g/mol. The Labute approximate surface area is 184 Å². The van der Waals surface area contributed by atoms with Crippen LogP contribution >= 0.6 is 11.8 Å². The lowest BCUT2D eigenvalue weighted by atomic mass is 9.85. The van der Waals surface area contributed by atoms with Gasteiger partial charge in [0, 0.05) is 18.2 Å². The fourth-order valence-electron chi connectivity index (χ4n) is 3.97. The third-order valence-corrected chi connectivity index (χ3v) is 6.73. The van der Waals surface area contributed by atoms with Gasteiger partial charge in [-0.15, -0.1) is 10.2 Å². The summed E-state index contributed by atoms with van der Waals surface area (Å²) in [5.74, 6) is 3.26. The van der Waals surface area contributed by atoms with E-state index < -0.39 is 0 Å². The normalized spacial score (nSPS) is 19.1. The van der Waals surface area contributed by atoms with Crippen molar-refractivity contribution in [1.29, 1.82) is 0 Å². The first-order valence-electron chi connectivity index (χ1n) is 11.0. The summed E-state index contributed by atoms with van der Waals surface area (Å²) in [6.45, 7) is 7.36. The summed E-state index contributed by atoms with van der Waals surface area (Å²) in [7, 11) is 1.67. The number of hydrogen-bond donors (Lipinski definition) is 1. The maximum absolute atomic E-state index is 12.3. The number of benzene rings is 1. The lowest BCUT2D eigenvalue weighted by Gasteiger charge is -2.31. The molecule has 0 bridgehead atoms. The van der Waals surface area contributed by atoms with Crippen LogP contribution in [0.1, 0.15) is 58.9 Å². The average Bonchev–Trinajstić information content (AvgIpc) is 3.16. The largest absolute Gasteiger partial charge is 0.497 e. The molecular weight excluding hydrogens is 396 g/mol. The maximum Gasteiger partial charge on any atom is 0.230 e. The van der Waals surface area contributed by atoms with Crippen LogP contribution in [0.15, 0.2) is 29.4 Å². The van der Waals surface area contributed by atoms with Crippen molar-refractivity contribution in [2.75, 3.05) is 19.4 Å². The molecule has 1 aromatic carbocycles. The van der Waals surface area contributed by atoms with Gasteiger partial charge in [0.05, 0.1) is 12.9 Å². The van der Waals surface area contributed by atoms with E-state index in [1.54, 1.807) is 7.11 Å². The maximum atomic E-state index is 12.3. The Hall–Kier alpha value is -2.02. The minimum absolute atomic E-state index is 0.0536. The number of thioether (sulfide) groups is 1. The Kier molecular flexibility index (Phi) is 8.19. The fourth-order valence-corrected chi connectivity index (χ4v) is 4.79. The number of ether oxygens (including phenoxy) is 1. The van der Waals surface area contributed by atoms with Crippen LogP contribution in [0.2, 0.25) is 0 Å². The standard InChI is InChI=1S/C23H34N4O2S/c1-16(2)13-14-24-21(28)15-30-23-26-25-22(18-9-11-19(29-4)12-10-18)27(23)20-8-6-5-7-17(20)3/h9-12,16-17,20H,5-8,13-15H2,1-4H3,(H,24,28)/t17-,20-/m0/s1. The number of methoxy groups -OCH3 is 1. The van der Waals surface area contributed by atoms with Gasteiger partial charge in [-0.3, -0.25) is 9.36 Å². The van der Waals surface area contributed by atoms with Gasteiger partial charge in [0.2, 0.25) is 5.91 Å². The minimum Gasteiger partial charge on any atom is -0.497 e. The first-order chi connectivity index (χ1) is 14.5. The van der Waals surface area contributed by atoms with E-state index in [1.165, 1.54) is 31.0 Å². The number of nitrogens with one attached hydrogen (secondary N) is 1. The van der Waals surface area contributed by atoms with Gasteiger partial charge in [0.25, 0.3) is 0 Å². The number of aromatic nitrogens is 3. The highest BCUT2D eigenvalue weighted by Crippen LogP contribution is 2.39. The molecule has 1 fully saturated rings. The minimum atomic E-state index is 0.0536. The zero-order chi connectivity index (χ0) is 21.5. The monoisotopic (exact) mass is 430 g/mol. The Morgan fingerprint density at radius 1 is 1.23 bits per heavy atom. The van der Waals surface area contributed by atoms with E-state index in [0.717, 1.165) is 41.7 Å². The molecule has 0 aliphatic heterocycles. The molecule has 1 amide bonds. The van der Waals surface area contributed by atoms with Crippen molar-refractivity contribution in [3.8, 4) is 17.1 Å². The number of carbonyl (C=O) groups is 1. The first kappa shape index (κ1) is 22.7. The lowest BCUT2D eigenvalue weighted by molar-refractivity contribution is -0.118. The molecule has 0 saturated heterocycles. The van der Waals surface area contributed by atoms with Gasteiger partial charge in [-0.2, -0.15) is 0 Å². The summed E-state index contributed by atoms with van der Waals surface area (Å²) in [4.78, 5) is 12.3. The molecule has 1 aliphatic rings. The number of carbonyl (C=O) groups excluding carboxylic acids is 1. The highest BCUT2D eigenvalue weighted by atomic mass is 32.2. The fraction of sp³-hybridized carbons (Fsp3) is 0.609. The number of hydrogen-bond acceptors (Lipinski definition) is 5. The van der Waals surface area contributed by atoms with Crippen LogP contribution in [-0.4, -0.2) is 40.1 Å². The van der Waals surface area contributed by atoms with Crippen LogP contribution in [0.5, 0.6) is 5.75 Å². The highest BCUT2D eigenvalue weighted by molar-refractivity contribution is 7.99. The third-order valence-electron chi connectivity index (χ3n) is 5.79. The topological polar surface area (TPSA) is 69.0 Å². The molecule has 1 saturated carbocycles. The van der Waals surface area contributed by atoms with E-state index in [2.05, 4.69) is 40.9 Å². The smallest absolute Gasteiger partial charge is 0.230 e. The first-order valence-corrected chi connectivity index (χ1v) is 12.0. The van der Waals surface area contributed by atoms with Crippen LogP contribution in [0.25, 0.3) is 11.4 Å². The molecule has 2 atom stereocenters. The molecule has 1 aromatic heterocycles. The van der Waals surface area contributed by atoms with E-state index in [1.807, 2.05) is 24.3 Å². The molecule has 0 radical (unpaired) electrons. The zero-order valence-electron chi connectivity index (χ0n) is 18.6. The van der Waals surface area contributed by atoms with Gasteiger partial charge < -0.3 is 10.1 Å². The van der Waals surface area contributed by atoms with Gasteiger partial charge >= 0.3 is 0 Å². The van der Waals surface area contributed by atoms with E-state index in [-0.39, 0.29) is 5.91 Å². The number of nitrogens with zero attached hydrogens (tertiary/aromatic N) is 3. The van der Waals surface area contributed by atoms with Crippen molar-refractivity contribution in [3.63, 3.8) is 0 Å². The van der Waals surface area contributed by atoms with Crippen LogP contribution < -0.4 is 10.1 Å². The predicted molar refractivity (Wildman–Crippen MR) is 122 cm³/mol. The summed E-state index contributed by atoms with van der Waals surface area (Å²) in [5, 5.41) is 12.9. The van der Waals surface area contributed by atoms with E-state index >= 15 is 0 Å².